The number of anilines is 1. The summed E-state index contributed by atoms with van der Waals surface area (Å²) in [4.78, 5) is 13.8. The van der Waals surface area contributed by atoms with E-state index in [0.29, 0.717) is 24.7 Å². The average molecular weight is 329 g/mol. The van der Waals surface area contributed by atoms with Crippen molar-refractivity contribution < 1.29 is 4.79 Å². The summed E-state index contributed by atoms with van der Waals surface area (Å²) in [5, 5.41) is 2.94. The Balaban J connectivity index is 2.34. The molecule has 1 aromatic rings. The zero-order chi connectivity index (χ0) is 15.5. The highest BCUT2D eigenvalue weighted by molar-refractivity contribution is 6.18. The number of hydrogen-bond donors (Lipinski definition) is 1. The summed E-state index contributed by atoms with van der Waals surface area (Å²) in [6.07, 6.45) is 0.544. The van der Waals surface area contributed by atoms with Crippen LogP contribution in [0.5, 0.6) is 0 Å². The molecule has 1 saturated heterocycles. The van der Waals surface area contributed by atoms with Gasteiger partial charge in [-0.25, -0.2) is 0 Å². The molecule has 1 aliphatic heterocycles. The maximum Gasteiger partial charge on any atom is 0.220 e. The Hall–Kier alpha value is -0.930. The molecule has 1 N–H and O–H groups in total. The van der Waals surface area contributed by atoms with Crippen LogP contribution in [0, 0.1) is 6.92 Å². The average Bonchev–Trinajstić information content (AvgIpc) is 2.80. The van der Waals surface area contributed by atoms with E-state index in [9.17, 15) is 4.79 Å². The maximum atomic E-state index is 11.6. The van der Waals surface area contributed by atoms with Crippen molar-refractivity contribution in [2.75, 3.05) is 36.3 Å². The molecule has 21 heavy (non-hydrogen) atoms. The smallest absolute Gasteiger partial charge is 0.220 e. The summed E-state index contributed by atoms with van der Waals surface area (Å²) in [5.74, 6) is 1.26. The Morgan fingerprint density at radius 2 is 1.95 bits per heavy atom. The van der Waals surface area contributed by atoms with Gasteiger partial charge in [0.25, 0.3) is 0 Å². The van der Waals surface area contributed by atoms with E-state index in [0.717, 1.165) is 18.8 Å². The lowest BCUT2D eigenvalue weighted by molar-refractivity contribution is -0.119. The van der Waals surface area contributed by atoms with Crippen molar-refractivity contribution in [3.8, 4) is 0 Å². The Morgan fingerprint density at radius 1 is 1.29 bits per heavy atom. The monoisotopic (exact) mass is 328 g/mol. The third-order valence-corrected chi connectivity index (χ3v) is 4.51. The van der Waals surface area contributed by atoms with E-state index in [2.05, 4.69) is 42.3 Å². The first-order valence-corrected chi connectivity index (χ1v) is 8.32. The zero-order valence-corrected chi connectivity index (χ0v) is 14.1. The number of carbonyl (C=O) groups is 1. The normalized spacial score (nSPS) is 21.4. The maximum absolute atomic E-state index is 11.6. The van der Waals surface area contributed by atoms with E-state index >= 15 is 0 Å². The highest BCUT2D eigenvalue weighted by atomic mass is 35.5. The third kappa shape index (κ3) is 3.64. The van der Waals surface area contributed by atoms with Gasteiger partial charge in [-0.1, -0.05) is 13.0 Å². The minimum absolute atomic E-state index is 0.126. The zero-order valence-electron chi connectivity index (χ0n) is 12.6. The van der Waals surface area contributed by atoms with Crippen LogP contribution in [0.2, 0.25) is 0 Å². The van der Waals surface area contributed by atoms with Crippen LogP contribution in [0.25, 0.3) is 0 Å². The van der Waals surface area contributed by atoms with Crippen molar-refractivity contribution in [2.45, 2.75) is 25.7 Å². The number of benzene rings is 1. The van der Waals surface area contributed by atoms with E-state index in [4.69, 9.17) is 23.2 Å². The molecule has 1 unspecified atom stereocenters. The Kier molecular flexibility index (Phi) is 5.39. The van der Waals surface area contributed by atoms with Gasteiger partial charge >= 0.3 is 0 Å². The van der Waals surface area contributed by atoms with Gasteiger partial charge in [0.15, 0.2) is 0 Å². The van der Waals surface area contributed by atoms with Crippen molar-refractivity contribution in [2.24, 2.45) is 0 Å². The Labute approximate surface area is 136 Å². The molecule has 2 rings (SSSR count). The van der Waals surface area contributed by atoms with Crippen LogP contribution in [-0.4, -0.2) is 37.3 Å². The molecule has 0 spiro atoms. The fourth-order valence-electron chi connectivity index (χ4n) is 2.99. The predicted octanol–water partition coefficient (Wildman–Crippen LogP) is 3.06. The van der Waals surface area contributed by atoms with Gasteiger partial charge in [-0.3, -0.25) is 4.79 Å². The second-order valence-corrected chi connectivity index (χ2v) is 6.63. The molecule has 1 heterocycles. The summed E-state index contributed by atoms with van der Waals surface area (Å²) >= 11 is 11.8. The molecule has 1 aromatic carbocycles. The number of aryl methyl sites for hydroxylation is 1. The van der Waals surface area contributed by atoms with Gasteiger partial charge in [0.05, 0.1) is 0 Å². The third-order valence-electron chi connectivity index (χ3n) is 4.17. The van der Waals surface area contributed by atoms with E-state index < -0.39 is 0 Å². The SMILES string of the molecule is Cc1ccc(N(CCCl)CCCl)cc1C1(C)CNC(=O)C1. The fourth-order valence-corrected chi connectivity index (χ4v) is 3.40. The van der Waals surface area contributed by atoms with Gasteiger partial charge in [0.1, 0.15) is 0 Å². The molecule has 3 nitrogen and oxygen atoms in total. The molecule has 1 fully saturated rings. The van der Waals surface area contributed by atoms with E-state index in [1.807, 2.05) is 0 Å². The Morgan fingerprint density at radius 3 is 2.48 bits per heavy atom. The molecule has 0 bridgehead atoms. The molecule has 0 saturated carbocycles. The highest BCUT2D eigenvalue weighted by Crippen LogP contribution is 2.35. The number of halogens is 2. The van der Waals surface area contributed by atoms with Crippen LogP contribution in [0.15, 0.2) is 18.2 Å². The highest BCUT2D eigenvalue weighted by Gasteiger charge is 2.36. The lowest BCUT2D eigenvalue weighted by Gasteiger charge is -2.28. The molecule has 1 amide bonds. The van der Waals surface area contributed by atoms with Crippen LogP contribution in [0.4, 0.5) is 5.69 Å². The fraction of sp³-hybridized carbons (Fsp3) is 0.562. The predicted molar refractivity (Wildman–Crippen MR) is 89.8 cm³/mol. The van der Waals surface area contributed by atoms with Crippen LogP contribution in [0.3, 0.4) is 0 Å². The number of carbonyl (C=O) groups excluding carboxylic acids is 1. The van der Waals surface area contributed by atoms with Gasteiger partial charge in [-0.2, -0.15) is 0 Å². The van der Waals surface area contributed by atoms with E-state index in [1.54, 1.807) is 0 Å². The first-order chi connectivity index (χ1) is 10.00. The largest absolute Gasteiger partial charge is 0.369 e. The first kappa shape index (κ1) is 16.4. The van der Waals surface area contributed by atoms with Gasteiger partial charge in [-0.15, -0.1) is 23.2 Å². The van der Waals surface area contributed by atoms with Crippen molar-refractivity contribution in [1.29, 1.82) is 0 Å². The van der Waals surface area contributed by atoms with Crippen LogP contribution >= 0.6 is 23.2 Å². The van der Waals surface area contributed by atoms with Crippen LogP contribution < -0.4 is 10.2 Å². The quantitative estimate of drug-likeness (QED) is 0.814. The topological polar surface area (TPSA) is 32.3 Å². The van der Waals surface area contributed by atoms with Gasteiger partial charge < -0.3 is 10.2 Å². The van der Waals surface area contributed by atoms with Crippen molar-refractivity contribution in [3.05, 3.63) is 29.3 Å². The number of hydrogen-bond acceptors (Lipinski definition) is 2. The van der Waals surface area contributed by atoms with Gasteiger partial charge in [0.2, 0.25) is 5.91 Å². The van der Waals surface area contributed by atoms with E-state index in [-0.39, 0.29) is 11.3 Å². The van der Waals surface area contributed by atoms with E-state index in [1.165, 1.54) is 11.1 Å². The summed E-state index contributed by atoms with van der Waals surface area (Å²) < 4.78 is 0. The summed E-state index contributed by atoms with van der Waals surface area (Å²) in [6, 6.07) is 6.41. The molecular weight excluding hydrogens is 307 g/mol. The lowest BCUT2D eigenvalue weighted by atomic mass is 9.79. The number of nitrogens with one attached hydrogen (secondary N) is 1. The Bertz CT molecular complexity index is 515. The van der Waals surface area contributed by atoms with Crippen LogP contribution in [-0.2, 0) is 10.2 Å². The summed E-state index contributed by atoms with van der Waals surface area (Å²) in [5.41, 5.74) is 3.43. The second-order valence-electron chi connectivity index (χ2n) is 5.88. The lowest BCUT2D eigenvalue weighted by Crippen LogP contribution is -2.29. The van der Waals surface area contributed by atoms with Gasteiger partial charge in [-0.05, 0) is 30.2 Å². The number of amides is 1. The number of nitrogens with zero attached hydrogens (tertiary/aromatic N) is 1. The number of rotatable bonds is 6. The molecule has 0 radical (unpaired) electrons. The molecule has 0 aliphatic carbocycles. The molecular formula is C16H22Cl2N2O. The number of alkyl halides is 2. The molecule has 0 aromatic heterocycles. The summed E-state index contributed by atoms with van der Waals surface area (Å²) in [6.45, 7) is 6.47. The molecule has 5 heteroatoms. The first-order valence-electron chi connectivity index (χ1n) is 7.25. The minimum Gasteiger partial charge on any atom is -0.369 e. The summed E-state index contributed by atoms with van der Waals surface area (Å²) in [7, 11) is 0. The van der Waals surface area contributed by atoms with Crippen molar-refractivity contribution in [1.82, 2.24) is 5.32 Å². The minimum atomic E-state index is -0.134. The molecule has 1 atom stereocenters. The van der Waals surface area contributed by atoms with Crippen molar-refractivity contribution >= 4 is 34.8 Å². The molecule has 1 aliphatic rings. The standard InChI is InChI=1S/C16H22Cl2N2O/c1-12-3-4-13(20(7-5-17)8-6-18)9-14(12)16(2)10-15(21)19-11-16/h3-4,9H,5-8,10-11H2,1-2H3,(H,19,21). The van der Waals surface area contributed by atoms with Crippen LogP contribution in [0.1, 0.15) is 24.5 Å². The second kappa shape index (κ2) is 6.89. The van der Waals surface area contributed by atoms with Gasteiger partial charge in [0, 0.05) is 48.9 Å². The molecule has 116 valence electrons. The van der Waals surface area contributed by atoms with Crippen molar-refractivity contribution in [3.63, 3.8) is 0 Å².